The number of nitrogens with one attached hydrogen (secondary N) is 1. The van der Waals surface area contributed by atoms with E-state index in [1.165, 1.54) is 22.4 Å². The number of aryl methyl sites for hydroxylation is 2. The van der Waals surface area contributed by atoms with Gasteiger partial charge in [0.15, 0.2) is 0 Å². The van der Waals surface area contributed by atoms with Crippen LogP contribution in [0.25, 0.3) is 0 Å². The fraction of sp³-hybridized carbons (Fsp3) is 0.294. The average molecular weight is 334 g/mol. The number of ether oxygens (including phenoxy) is 1. The van der Waals surface area contributed by atoms with Crippen molar-refractivity contribution in [3.63, 3.8) is 0 Å². The molecule has 0 saturated heterocycles. The smallest absolute Gasteiger partial charge is 0.119 e. The minimum Gasteiger partial charge on any atom is -0.497 e. The standard InChI is InChI=1S/C17H20BrNO/c1-11-8-15(18)9-12(2)17(11)19-13(3)14-6-5-7-16(10-14)20-4/h5-10,13,19H,1-4H3. The molecule has 1 unspecified atom stereocenters. The van der Waals surface area contributed by atoms with E-state index in [0.717, 1.165) is 10.2 Å². The summed E-state index contributed by atoms with van der Waals surface area (Å²) in [6, 6.07) is 12.7. The Morgan fingerprint density at radius 2 is 1.75 bits per heavy atom. The maximum Gasteiger partial charge on any atom is 0.119 e. The molecule has 0 bridgehead atoms. The van der Waals surface area contributed by atoms with Gasteiger partial charge in [0.25, 0.3) is 0 Å². The molecule has 2 aromatic rings. The summed E-state index contributed by atoms with van der Waals surface area (Å²) in [5.74, 6) is 0.889. The molecule has 0 aliphatic rings. The molecule has 1 N–H and O–H groups in total. The third kappa shape index (κ3) is 3.34. The first-order valence-corrected chi connectivity index (χ1v) is 7.48. The zero-order chi connectivity index (χ0) is 14.7. The lowest BCUT2D eigenvalue weighted by molar-refractivity contribution is 0.414. The van der Waals surface area contributed by atoms with Crippen LogP contribution in [0.5, 0.6) is 5.75 Å². The molecule has 0 aromatic heterocycles. The van der Waals surface area contributed by atoms with Crippen LogP contribution in [0.15, 0.2) is 40.9 Å². The maximum atomic E-state index is 5.28. The van der Waals surface area contributed by atoms with Crippen molar-refractivity contribution in [3.05, 3.63) is 57.6 Å². The Morgan fingerprint density at radius 1 is 1.10 bits per heavy atom. The Hall–Kier alpha value is -1.48. The number of halogens is 1. The quantitative estimate of drug-likeness (QED) is 0.825. The second kappa shape index (κ2) is 6.31. The first kappa shape index (κ1) is 14.9. The number of rotatable bonds is 4. The van der Waals surface area contributed by atoms with Crippen LogP contribution in [0, 0.1) is 13.8 Å². The third-order valence-corrected chi connectivity index (χ3v) is 3.91. The molecule has 0 radical (unpaired) electrons. The molecule has 3 heteroatoms. The van der Waals surface area contributed by atoms with Gasteiger partial charge in [-0.05, 0) is 61.7 Å². The van der Waals surface area contributed by atoms with E-state index in [1.54, 1.807) is 7.11 Å². The Kier molecular flexibility index (Phi) is 4.71. The highest BCUT2D eigenvalue weighted by Gasteiger charge is 2.10. The zero-order valence-corrected chi connectivity index (χ0v) is 13.9. The van der Waals surface area contributed by atoms with Crippen LogP contribution in [0.4, 0.5) is 5.69 Å². The number of hydrogen-bond donors (Lipinski definition) is 1. The summed E-state index contributed by atoms with van der Waals surface area (Å²) in [7, 11) is 1.69. The zero-order valence-electron chi connectivity index (χ0n) is 12.3. The van der Waals surface area contributed by atoms with Crippen molar-refractivity contribution in [2.45, 2.75) is 26.8 Å². The lowest BCUT2D eigenvalue weighted by Gasteiger charge is -2.20. The monoisotopic (exact) mass is 333 g/mol. The van der Waals surface area contributed by atoms with Crippen molar-refractivity contribution in [2.75, 3.05) is 12.4 Å². The van der Waals surface area contributed by atoms with E-state index in [0.29, 0.717) is 0 Å². The van der Waals surface area contributed by atoms with Crippen molar-refractivity contribution < 1.29 is 4.74 Å². The Morgan fingerprint density at radius 3 is 2.35 bits per heavy atom. The van der Waals surface area contributed by atoms with Gasteiger partial charge in [-0.3, -0.25) is 0 Å². The van der Waals surface area contributed by atoms with Crippen molar-refractivity contribution in [2.24, 2.45) is 0 Å². The highest BCUT2D eigenvalue weighted by molar-refractivity contribution is 9.10. The molecule has 2 nitrogen and oxygen atoms in total. The van der Waals surface area contributed by atoms with Gasteiger partial charge < -0.3 is 10.1 Å². The van der Waals surface area contributed by atoms with Crippen LogP contribution in [0.2, 0.25) is 0 Å². The van der Waals surface area contributed by atoms with Gasteiger partial charge in [-0.25, -0.2) is 0 Å². The third-order valence-electron chi connectivity index (χ3n) is 3.45. The fourth-order valence-electron chi connectivity index (χ4n) is 2.35. The van der Waals surface area contributed by atoms with Gasteiger partial charge in [-0.2, -0.15) is 0 Å². The van der Waals surface area contributed by atoms with E-state index < -0.39 is 0 Å². The largest absolute Gasteiger partial charge is 0.497 e. The minimum atomic E-state index is 0.226. The van der Waals surface area contributed by atoms with Crippen molar-refractivity contribution in [1.82, 2.24) is 0 Å². The summed E-state index contributed by atoms with van der Waals surface area (Å²) in [5.41, 5.74) is 4.90. The Balaban J connectivity index is 2.25. The summed E-state index contributed by atoms with van der Waals surface area (Å²) in [6.45, 7) is 6.41. The molecule has 0 saturated carbocycles. The normalized spacial score (nSPS) is 12.1. The van der Waals surface area contributed by atoms with E-state index in [4.69, 9.17) is 4.74 Å². The predicted octanol–water partition coefficient (Wildman–Crippen LogP) is 5.25. The molecule has 2 rings (SSSR count). The predicted molar refractivity (Wildman–Crippen MR) is 88.6 cm³/mol. The summed E-state index contributed by atoms with van der Waals surface area (Å²) < 4.78 is 6.40. The number of anilines is 1. The SMILES string of the molecule is COc1cccc(C(C)Nc2c(C)cc(Br)cc2C)c1. The van der Waals surface area contributed by atoms with Crippen LogP contribution < -0.4 is 10.1 Å². The molecular weight excluding hydrogens is 314 g/mol. The van der Waals surface area contributed by atoms with Gasteiger partial charge in [0.05, 0.1) is 7.11 Å². The van der Waals surface area contributed by atoms with Crippen molar-refractivity contribution >= 4 is 21.6 Å². The number of benzene rings is 2. The van der Waals surface area contributed by atoms with Crippen LogP contribution in [0.3, 0.4) is 0 Å². The molecular formula is C17H20BrNO. The van der Waals surface area contributed by atoms with Crippen molar-refractivity contribution in [3.8, 4) is 5.75 Å². The van der Waals surface area contributed by atoms with E-state index in [9.17, 15) is 0 Å². The molecule has 0 spiro atoms. The second-order valence-electron chi connectivity index (χ2n) is 5.06. The lowest BCUT2D eigenvalue weighted by atomic mass is 10.0. The van der Waals surface area contributed by atoms with Gasteiger partial charge in [0, 0.05) is 16.2 Å². The lowest BCUT2D eigenvalue weighted by Crippen LogP contribution is -2.09. The molecule has 0 amide bonds. The number of methoxy groups -OCH3 is 1. The molecule has 0 heterocycles. The Bertz CT molecular complexity index is 587. The van der Waals surface area contributed by atoms with Gasteiger partial charge in [0.2, 0.25) is 0 Å². The summed E-state index contributed by atoms with van der Waals surface area (Å²) >= 11 is 3.53. The topological polar surface area (TPSA) is 21.3 Å². The van der Waals surface area contributed by atoms with E-state index in [-0.39, 0.29) is 6.04 Å². The van der Waals surface area contributed by atoms with Gasteiger partial charge in [-0.15, -0.1) is 0 Å². The minimum absolute atomic E-state index is 0.226. The molecule has 2 aromatic carbocycles. The Labute approximate surface area is 129 Å². The molecule has 20 heavy (non-hydrogen) atoms. The summed E-state index contributed by atoms with van der Waals surface area (Å²) in [4.78, 5) is 0. The summed E-state index contributed by atoms with van der Waals surface area (Å²) in [6.07, 6.45) is 0. The van der Waals surface area contributed by atoms with Crippen LogP contribution in [-0.4, -0.2) is 7.11 Å². The summed E-state index contributed by atoms with van der Waals surface area (Å²) in [5, 5.41) is 3.60. The van der Waals surface area contributed by atoms with E-state index in [1.807, 2.05) is 12.1 Å². The second-order valence-corrected chi connectivity index (χ2v) is 5.97. The van der Waals surface area contributed by atoms with Gasteiger partial charge in [0.1, 0.15) is 5.75 Å². The van der Waals surface area contributed by atoms with E-state index in [2.05, 4.69) is 66.3 Å². The van der Waals surface area contributed by atoms with Crippen LogP contribution >= 0.6 is 15.9 Å². The highest BCUT2D eigenvalue weighted by atomic mass is 79.9. The fourth-order valence-corrected chi connectivity index (χ4v) is 3.04. The first-order chi connectivity index (χ1) is 9.51. The molecule has 106 valence electrons. The van der Waals surface area contributed by atoms with Crippen molar-refractivity contribution in [1.29, 1.82) is 0 Å². The van der Waals surface area contributed by atoms with Gasteiger partial charge >= 0.3 is 0 Å². The molecule has 0 fully saturated rings. The number of hydrogen-bond acceptors (Lipinski definition) is 2. The molecule has 0 aliphatic carbocycles. The van der Waals surface area contributed by atoms with Gasteiger partial charge in [-0.1, -0.05) is 28.1 Å². The van der Waals surface area contributed by atoms with E-state index >= 15 is 0 Å². The van der Waals surface area contributed by atoms with Crippen LogP contribution in [-0.2, 0) is 0 Å². The average Bonchev–Trinajstić information content (AvgIpc) is 2.42. The van der Waals surface area contributed by atoms with Crippen LogP contribution in [0.1, 0.15) is 29.7 Å². The molecule has 0 aliphatic heterocycles. The molecule has 1 atom stereocenters. The first-order valence-electron chi connectivity index (χ1n) is 6.68. The highest BCUT2D eigenvalue weighted by Crippen LogP contribution is 2.29. The maximum absolute atomic E-state index is 5.28.